The van der Waals surface area contributed by atoms with Crippen molar-refractivity contribution in [1.82, 2.24) is 14.8 Å². The molecule has 0 aromatic carbocycles. The van der Waals surface area contributed by atoms with Gasteiger partial charge < -0.3 is 15.5 Å². The molecule has 1 amide bonds. The van der Waals surface area contributed by atoms with Crippen LogP contribution in [0.15, 0.2) is 12.3 Å². The Labute approximate surface area is 127 Å². The predicted octanol–water partition coefficient (Wildman–Crippen LogP) is 1.92. The monoisotopic (exact) mass is 290 g/mol. The van der Waals surface area contributed by atoms with E-state index in [0.717, 1.165) is 38.2 Å². The Morgan fingerprint density at radius 1 is 1.48 bits per heavy atom. The van der Waals surface area contributed by atoms with E-state index in [1.165, 1.54) is 6.42 Å². The molecule has 5 nitrogen and oxygen atoms in total. The van der Waals surface area contributed by atoms with Gasteiger partial charge in [-0.15, -0.1) is 0 Å². The molecule has 1 fully saturated rings. The summed E-state index contributed by atoms with van der Waals surface area (Å²) >= 11 is 0. The number of pyridine rings is 1. The van der Waals surface area contributed by atoms with Crippen molar-refractivity contribution in [3.05, 3.63) is 23.5 Å². The number of anilines is 1. The second-order valence-electron chi connectivity index (χ2n) is 5.89. The van der Waals surface area contributed by atoms with Gasteiger partial charge in [0.2, 0.25) is 0 Å². The van der Waals surface area contributed by atoms with Crippen molar-refractivity contribution < 1.29 is 4.79 Å². The zero-order chi connectivity index (χ0) is 15.4. The number of hydrogen-bond acceptors (Lipinski definition) is 4. The number of amides is 1. The fourth-order valence-corrected chi connectivity index (χ4v) is 2.97. The number of nitrogens with two attached hydrogens (primary N) is 1. The normalized spacial score (nSPS) is 16.9. The maximum Gasteiger partial charge on any atom is 0.255 e. The fourth-order valence-electron chi connectivity index (χ4n) is 2.97. The largest absolute Gasteiger partial charge is 0.397 e. The molecule has 21 heavy (non-hydrogen) atoms. The summed E-state index contributed by atoms with van der Waals surface area (Å²) in [4.78, 5) is 21.2. The molecule has 116 valence electrons. The average molecular weight is 290 g/mol. The SMILES string of the molecule is CCCN1CCC(N(C)C(=O)c2cc(N)cnc2C)CC1. The van der Waals surface area contributed by atoms with Crippen molar-refractivity contribution in [3.63, 3.8) is 0 Å². The summed E-state index contributed by atoms with van der Waals surface area (Å²) in [6.45, 7) is 7.36. The smallest absolute Gasteiger partial charge is 0.255 e. The van der Waals surface area contributed by atoms with Gasteiger partial charge in [0, 0.05) is 26.2 Å². The van der Waals surface area contributed by atoms with Crippen LogP contribution in [0.2, 0.25) is 0 Å². The maximum absolute atomic E-state index is 12.6. The summed E-state index contributed by atoms with van der Waals surface area (Å²) < 4.78 is 0. The standard InChI is InChI=1S/C16H26N4O/c1-4-7-20-8-5-14(6-9-20)19(3)16(21)15-10-13(17)11-18-12(15)2/h10-11,14H,4-9,17H2,1-3H3. The Bertz CT molecular complexity index is 495. The minimum Gasteiger partial charge on any atom is -0.397 e. The first-order chi connectivity index (χ1) is 10.0. The Kier molecular flexibility index (Phi) is 5.17. The van der Waals surface area contributed by atoms with Gasteiger partial charge in [-0.1, -0.05) is 6.92 Å². The van der Waals surface area contributed by atoms with E-state index >= 15 is 0 Å². The van der Waals surface area contributed by atoms with Gasteiger partial charge in [0.25, 0.3) is 5.91 Å². The molecule has 0 unspecified atom stereocenters. The molecule has 1 aromatic heterocycles. The molecule has 1 aliphatic rings. The molecule has 0 saturated carbocycles. The number of aryl methyl sites for hydroxylation is 1. The van der Waals surface area contributed by atoms with E-state index in [1.54, 1.807) is 12.3 Å². The van der Waals surface area contributed by atoms with Crippen LogP contribution in [0.1, 0.15) is 42.2 Å². The average Bonchev–Trinajstić information content (AvgIpc) is 2.49. The van der Waals surface area contributed by atoms with E-state index in [0.29, 0.717) is 17.3 Å². The van der Waals surface area contributed by atoms with Crippen LogP contribution in [0.4, 0.5) is 5.69 Å². The van der Waals surface area contributed by atoms with Gasteiger partial charge in [0.05, 0.1) is 23.1 Å². The van der Waals surface area contributed by atoms with Crippen molar-refractivity contribution in [3.8, 4) is 0 Å². The summed E-state index contributed by atoms with van der Waals surface area (Å²) in [6, 6.07) is 2.04. The molecule has 0 atom stereocenters. The van der Waals surface area contributed by atoms with E-state index in [4.69, 9.17) is 5.73 Å². The van der Waals surface area contributed by atoms with Gasteiger partial charge >= 0.3 is 0 Å². The van der Waals surface area contributed by atoms with Gasteiger partial charge in [-0.3, -0.25) is 9.78 Å². The number of aromatic nitrogens is 1. The van der Waals surface area contributed by atoms with Gasteiger partial charge in [0.1, 0.15) is 0 Å². The van der Waals surface area contributed by atoms with E-state index in [-0.39, 0.29) is 5.91 Å². The molecule has 1 aliphatic heterocycles. The lowest BCUT2D eigenvalue weighted by Crippen LogP contribution is -2.45. The molecule has 0 aliphatic carbocycles. The van der Waals surface area contributed by atoms with E-state index in [1.807, 2.05) is 18.9 Å². The van der Waals surface area contributed by atoms with Crippen LogP contribution in [0.25, 0.3) is 0 Å². The highest BCUT2D eigenvalue weighted by atomic mass is 16.2. The van der Waals surface area contributed by atoms with Gasteiger partial charge in [-0.2, -0.15) is 0 Å². The summed E-state index contributed by atoms with van der Waals surface area (Å²) in [5.41, 5.74) is 7.65. The first kappa shape index (κ1) is 15.8. The molecular formula is C16H26N4O. The molecule has 0 radical (unpaired) electrons. The van der Waals surface area contributed by atoms with Crippen LogP contribution < -0.4 is 5.73 Å². The van der Waals surface area contributed by atoms with E-state index in [2.05, 4.69) is 16.8 Å². The molecule has 2 N–H and O–H groups in total. The topological polar surface area (TPSA) is 62.5 Å². The third-order valence-corrected chi connectivity index (χ3v) is 4.30. The van der Waals surface area contributed by atoms with Crippen molar-refractivity contribution in [2.75, 3.05) is 32.4 Å². The van der Waals surface area contributed by atoms with Crippen LogP contribution in [0, 0.1) is 6.92 Å². The van der Waals surface area contributed by atoms with Crippen LogP contribution >= 0.6 is 0 Å². The summed E-state index contributed by atoms with van der Waals surface area (Å²) in [6.07, 6.45) is 4.86. The van der Waals surface area contributed by atoms with Crippen molar-refractivity contribution in [2.24, 2.45) is 0 Å². The second-order valence-corrected chi connectivity index (χ2v) is 5.89. The number of carbonyl (C=O) groups is 1. The summed E-state index contributed by atoms with van der Waals surface area (Å²) in [5, 5.41) is 0. The lowest BCUT2D eigenvalue weighted by atomic mass is 10.0. The third kappa shape index (κ3) is 3.73. The molecule has 1 saturated heterocycles. The third-order valence-electron chi connectivity index (χ3n) is 4.30. The molecule has 2 rings (SSSR count). The number of piperidine rings is 1. The fraction of sp³-hybridized carbons (Fsp3) is 0.625. The molecule has 5 heteroatoms. The Morgan fingerprint density at radius 3 is 2.76 bits per heavy atom. The Morgan fingerprint density at radius 2 is 2.14 bits per heavy atom. The molecule has 0 spiro atoms. The van der Waals surface area contributed by atoms with E-state index in [9.17, 15) is 4.79 Å². The summed E-state index contributed by atoms with van der Waals surface area (Å²) in [7, 11) is 1.89. The van der Waals surface area contributed by atoms with Crippen LogP contribution in [-0.2, 0) is 0 Å². The Balaban J connectivity index is 2.01. The van der Waals surface area contributed by atoms with Crippen molar-refractivity contribution in [2.45, 2.75) is 39.2 Å². The quantitative estimate of drug-likeness (QED) is 0.920. The minimum absolute atomic E-state index is 0.0289. The number of nitrogens with zero attached hydrogens (tertiary/aromatic N) is 3. The predicted molar refractivity (Wildman–Crippen MR) is 85.2 cm³/mol. The zero-order valence-corrected chi connectivity index (χ0v) is 13.3. The highest BCUT2D eigenvalue weighted by molar-refractivity contribution is 5.96. The lowest BCUT2D eigenvalue weighted by molar-refractivity contribution is 0.0641. The van der Waals surface area contributed by atoms with Gasteiger partial charge in [-0.05, 0) is 38.8 Å². The van der Waals surface area contributed by atoms with E-state index < -0.39 is 0 Å². The van der Waals surface area contributed by atoms with Crippen molar-refractivity contribution in [1.29, 1.82) is 0 Å². The van der Waals surface area contributed by atoms with Crippen molar-refractivity contribution >= 4 is 11.6 Å². The van der Waals surface area contributed by atoms with Crippen LogP contribution in [0.5, 0.6) is 0 Å². The minimum atomic E-state index is 0.0289. The van der Waals surface area contributed by atoms with Crippen LogP contribution in [-0.4, -0.2) is 53.4 Å². The first-order valence-electron chi connectivity index (χ1n) is 7.74. The van der Waals surface area contributed by atoms with Gasteiger partial charge in [-0.25, -0.2) is 0 Å². The Hall–Kier alpha value is -1.62. The highest BCUT2D eigenvalue weighted by Gasteiger charge is 2.26. The second kappa shape index (κ2) is 6.89. The molecular weight excluding hydrogens is 264 g/mol. The number of carbonyl (C=O) groups excluding carboxylic acids is 1. The molecule has 1 aromatic rings. The maximum atomic E-state index is 12.6. The first-order valence-corrected chi connectivity index (χ1v) is 7.74. The number of rotatable bonds is 4. The number of hydrogen-bond donors (Lipinski definition) is 1. The number of nitrogen functional groups attached to an aromatic ring is 1. The molecule has 2 heterocycles. The lowest BCUT2D eigenvalue weighted by Gasteiger charge is -2.36. The van der Waals surface area contributed by atoms with Gasteiger partial charge in [0.15, 0.2) is 0 Å². The molecule has 0 bridgehead atoms. The summed E-state index contributed by atoms with van der Waals surface area (Å²) in [5.74, 6) is 0.0289. The zero-order valence-electron chi connectivity index (χ0n) is 13.3. The highest BCUT2D eigenvalue weighted by Crippen LogP contribution is 2.19. The van der Waals surface area contributed by atoms with Crippen LogP contribution in [0.3, 0.4) is 0 Å². The number of likely N-dealkylation sites (tertiary alicyclic amines) is 1.